The molecule has 0 bridgehead atoms. The molecule has 0 spiro atoms. The standard InChI is InChI=1S/C12H17NO7S/c14-7(13-5-2-6-21)11(8(15)16)3-1-4-12(11,9(17)18)10(19)20/h21H,1-6H2,(H,13,14)(H,15,16)(H,17,18)(H,19,20). The van der Waals surface area contributed by atoms with Crippen molar-refractivity contribution in [3.8, 4) is 0 Å². The highest BCUT2D eigenvalue weighted by Crippen LogP contribution is 2.54. The number of hydrogen-bond donors (Lipinski definition) is 5. The average molecular weight is 319 g/mol. The molecule has 0 radical (unpaired) electrons. The van der Waals surface area contributed by atoms with E-state index in [1.54, 1.807) is 0 Å². The molecule has 1 fully saturated rings. The van der Waals surface area contributed by atoms with Crippen molar-refractivity contribution >= 4 is 36.4 Å². The second-order valence-corrected chi connectivity index (χ2v) is 5.36. The van der Waals surface area contributed by atoms with Gasteiger partial charge in [0.15, 0.2) is 10.8 Å². The van der Waals surface area contributed by atoms with Crippen LogP contribution in [0.1, 0.15) is 25.7 Å². The molecule has 1 amide bonds. The first-order valence-corrected chi connectivity index (χ1v) is 7.00. The molecular weight excluding hydrogens is 302 g/mol. The number of carbonyl (C=O) groups is 4. The second kappa shape index (κ2) is 6.33. The Labute approximate surface area is 125 Å². The van der Waals surface area contributed by atoms with Gasteiger partial charge in [0, 0.05) is 6.54 Å². The maximum Gasteiger partial charge on any atom is 0.322 e. The number of hydrogen-bond acceptors (Lipinski definition) is 5. The Bertz CT molecular complexity index is 464. The van der Waals surface area contributed by atoms with E-state index in [-0.39, 0.29) is 19.4 Å². The molecule has 0 aromatic heterocycles. The first kappa shape index (κ1) is 17.3. The molecule has 0 aromatic carbocycles. The number of thiol groups is 1. The summed E-state index contributed by atoms with van der Waals surface area (Å²) in [6.45, 7) is 0.104. The molecule has 1 saturated carbocycles. The zero-order chi connectivity index (χ0) is 16.3. The molecule has 8 nitrogen and oxygen atoms in total. The molecule has 0 aliphatic heterocycles. The van der Waals surface area contributed by atoms with Crippen molar-refractivity contribution < 1.29 is 34.5 Å². The van der Waals surface area contributed by atoms with E-state index in [9.17, 15) is 34.5 Å². The van der Waals surface area contributed by atoms with Gasteiger partial charge in [-0.1, -0.05) is 0 Å². The monoisotopic (exact) mass is 319 g/mol. The van der Waals surface area contributed by atoms with E-state index in [1.165, 1.54) is 0 Å². The van der Waals surface area contributed by atoms with Gasteiger partial charge in [-0.15, -0.1) is 0 Å². The lowest BCUT2D eigenvalue weighted by atomic mass is 9.64. The molecule has 4 N–H and O–H groups in total. The van der Waals surface area contributed by atoms with Gasteiger partial charge in [-0.05, 0) is 31.4 Å². The van der Waals surface area contributed by atoms with E-state index in [0.29, 0.717) is 12.2 Å². The molecule has 1 aliphatic rings. The summed E-state index contributed by atoms with van der Waals surface area (Å²) >= 11 is 3.94. The van der Waals surface area contributed by atoms with Gasteiger partial charge >= 0.3 is 17.9 Å². The Morgan fingerprint density at radius 2 is 1.43 bits per heavy atom. The Kier molecular flexibility index (Phi) is 5.21. The Balaban J connectivity index is 3.31. The van der Waals surface area contributed by atoms with Gasteiger partial charge in [0.25, 0.3) is 0 Å². The average Bonchev–Trinajstić information content (AvgIpc) is 2.81. The predicted molar refractivity (Wildman–Crippen MR) is 73.1 cm³/mol. The van der Waals surface area contributed by atoms with Crippen LogP contribution in [0, 0.1) is 10.8 Å². The smallest absolute Gasteiger partial charge is 0.322 e. The van der Waals surface area contributed by atoms with E-state index >= 15 is 0 Å². The van der Waals surface area contributed by atoms with Crippen LogP contribution in [-0.4, -0.2) is 51.4 Å². The van der Waals surface area contributed by atoms with Crippen molar-refractivity contribution in [2.75, 3.05) is 12.3 Å². The van der Waals surface area contributed by atoms with E-state index < -0.39 is 41.1 Å². The third-order valence-corrected chi connectivity index (χ3v) is 4.25. The van der Waals surface area contributed by atoms with Crippen molar-refractivity contribution in [3.63, 3.8) is 0 Å². The zero-order valence-electron chi connectivity index (χ0n) is 11.2. The van der Waals surface area contributed by atoms with Crippen molar-refractivity contribution in [1.82, 2.24) is 5.32 Å². The van der Waals surface area contributed by atoms with Crippen LogP contribution in [0.15, 0.2) is 0 Å². The van der Waals surface area contributed by atoms with E-state index in [4.69, 9.17) is 0 Å². The van der Waals surface area contributed by atoms with Crippen molar-refractivity contribution in [2.45, 2.75) is 25.7 Å². The lowest BCUT2D eigenvalue weighted by molar-refractivity contribution is -0.186. The summed E-state index contributed by atoms with van der Waals surface area (Å²) in [4.78, 5) is 46.9. The van der Waals surface area contributed by atoms with Gasteiger partial charge in [-0.2, -0.15) is 12.6 Å². The van der Waals surface area contributed by atoms with Crippen molar-refractivity contribution in [2.24, 2.45) is 10.8 Å². The number of carboxylic acids is 3. The van der Waals surface area contributed by atoms with Crippen LogP contribution in [0.4, 0.5) is 0 Å². The first-order chi connectivity index (χ1) is 9.77. The second-order valence-electron chi connectivity index (χ2n) is 4.91. The zero-order valence-corrected chi connectivity index (χ0v) is 12.1. The SMILES string of the molecule is O=C(O)C1(C(=O)O)CCCC1(C(=O)O)C(=O)NCCCS. The molecule has 21 heavy (non-hydrogen) atoms. The van der Waals surface area contributed by atoms with Crippen LogP contribution in [0.25, 0.3) is 0 Å². The lowest BCUT2D eigenvalue weighted by Crippen LogP contribution is -2.61. The van der Waals surface area contributed by atoms with Gasteiger partial charge in [0.2, 0.25) is 5.91 Å². The number of aliphatic carboxylic acids is 3. The summed E-state index contributed by atoms with van der Waals surface area (Å²) in [6.07, 6.45) is -0.236. The highest BCUT2D eigenvalue weighted by Gasteiger charge is 2.73. The number of carbonyl (C=O) groups excluding carboxylic acids is 1. The minimum absolute atomic E-state index is 0.0326. The van der Waals surface area contributed by atoms with Crippen molar-refractivity contribution in [3.05, 3.63) is 0 Å². The maximum absolute atomic E-state index is 12.3. The molecular formula is C12H17NO7S. The van der Waals surface area contributed by atoms with Gasteiger partial charge in [0.05, 0.1) is 0 Å². The lowest BCUT2D eigenvalue weighted by Gasteiger charge is -2.35. The van der Waals surface area contributed by atoms with Crippen LogP contribution in [-0.2, 0) is 19.2 Å². The maximum atomic E-state index is 12.3. The number of nitrogens with one attached hydrogen (secondary N) is 1. The van der Waals surface area contributed by atoms with Crippen LogP contribution >= 0.6 is 12.6 Å². The van der Waals surface area contributed by atoms with Crippen LogP contribution < -0.4 is 5.32 Å². The van der Waals surface area contributed by atoms with Crippen LogP contribution in [0.2, 0.25) is 0 Å². The summed E-state index contributed by atoms with van der Waals surface area (Å²) in [7, 11) is 0. The molecule has 1 unspecified atom stereocenters. The summed E-state index contributed by atoms with van der Waals surface area (Å²) in [6, 6.07) is 0. The van der Waals surface area contributed by atoms with Crippen molar-refractivity contribution in [1.29, 1.82) is 0 Å². The molecule has 1 rings (SSSR count). The fraction of sp³-hybridized carbons (Fsp3) is 0.667. The van der Waals surface area contributed by atoms with Gasteiger partial charge in [0.1, 0.15) is 0 Å². The molecule has 9 heteroatoms. The highest BCUT2D eigenvalue weighted by molar-refractivity contribution is 7.80. The topological polar surface area (TPSA) is 141 Å². The Morgan fingerprint density at radius 1 is 0.952 bits per heavy atom. The summed E-state index contributed by atoms with van der Waals surface area (Å²) < 4.78 is 0. The summed E-state index contributed by atoms with van der Waals surface area (Å²) in [5.41, 5.74) is -5.15. The van der Waals surface area contributed by atoms with Crippen LogP contribution in [0.5, 0.6) is 0 Å². The number of rotatable bonds is 7. The molecule has 1 aliphatic carbocycles. The highest BCUT2D eigenvalue weighted by atomic mass is 32.1. The van der Waals surface area contributed by atoms with Gasteiger partial charge < -0.3 is 20.6 Å². The summed E-state index contributed by atoms with van der Waals surface area (Å²) in [5, 5.41) is 30.3. The fourth-order valence-corrected chi connectivity index (χ4v) is 3.00. The fourth-order valence-electron chi connectivity index (χ4n) is 2.84. The van der Waals surface area contributed by atoms with Gasteiger partial charge in [-0.25, -0.2) is 0 Å². The minimum Gasteiger partial charge on any atom is -0.480 e. The van der Waals surface area contributed by atoms with Crippen LogP contribution in [0.3, 0.4) is 0 Å². The molecule has 118 valence electrons. The molecule has 0 heterocycles. The normalized spacial score (nSPS) is 23.5. The quantitative estimate of drug-likeness (QED) is 0.249. The van der Waals surface area contributed by atoms with E-state index in [2.05, 4.69) is 17.9 Å². The van der Waals surface area contributed by atoms with E-state index in [1.807, 2.05) is 0 Å². The number of amides is 1. The minimum atomic E-state index is -2.65. The van der Waals surface area contributed by atoms with E-state index in [0.717, 1.165) is 0 Å². The molecule has 1 atom stereocenters. The largest absolute Gasteiger partial charge is 0.480 e. The van der Waals surface area contributed by atoms with Gasteiger partial charge in [-0.3, -0.25) is 19.2 Å². The first-order valence-electron chi connectivity index (χ1n) is 6.36. The third-order valence-electron chi connectivity index (χ3n) is 3.94. The Morgan fingerprint density at radius 3 is 1.86 bits per heavy atom. The molecule has 0 saturated heterocycles. The molecule has 0 aromatic rings. The number of carboxylic acid groups (broad SMARTS) is 3. The third kappa shape index (κ3) is 2.45. The Hall–Kier alpha value is -1.77. The predicted octanol–water partition coefficient (Wildman–Crippen LogP) is -0.167. The summed E-state index contributed by atoms with van der Waals surface area (Å²) in [5.74, 6) is -5.96.